The van der Waals surface area contributed by atoms with E-state index in [4.69, 9.17) is 10.2 Å². The summed E-state index contributed by atoms with van der Waals surface area (Å²) in [5.41, 5.74) is -1.75. The standard InChI is InChI=1S/C7H4BrNO5/c8-3-4(7(13)14)9-1-2(5(3)10)6(11)12/h1H,(H,9,10)(H,11,12)(H,13,14). The molecule has 0 saturated carbocycles. The predicted molar refractivity (Wildman–Crippen MR) is 48.7 cm³/mol. The van der Waals surface area contributed by atoms with Crippen LogP contribution in [0.3, 0.4) is 0 Å². The van der Waals surface area contributed by atoms with Crippen molar-refractivity contribution in [2.24, 2.45) is 0 Å². The van der Waals surface area contributed by atoms with Gasteiger partial charge < -0.3 is 15.2 Å². The number of pyridine rings is 1. The quantitative estimate of drug-likeness (QED) is 0.720. The molecule has 0 radical (unpaired) electrons. The molecule has 0 aromatic carbocycles. The molecule has 14 heavy (non-hydrogen) atoms. The normalized spacial score (nSPS) is 9.79. The fraction of sp³-hybridized carbons (Fsp3) is 0. The van der Waals surface area contributed by atoms with Gasteiger partial charge in [-0.15, -0.1) is 0 Å². The lowest BCUT2D eigenvalue weighted by atomic mass is 10.2. The van der Waals surface area contributed by atoms with E-state index in [9.17, 15) is 14.4 Å². The molecule has 0 aliphatic rings. The van der Waals surface area contributed by atoms with E-state index in [2.05, 4.69) is 20.9 Å². The van der Waals surface area contributed by atoms with Crippen LogP contribution in [0.25, 0.3) is 0 Å². The van der Waals surface area contributed by atoms with Crippen molar-refractivity contribution in [3.05, 3.63) is 32.2 Å². The minimum absolute atomic E-state index is 0.301. The number of aromatic amines is 1. The van der Waals surface area contributed by atoms with E-state index in [-0.39, 0.29) is 10.2 Å². The number of aromatic carboxylic acids is 2. The second kappa shape index (κ2) is 3.62. The maximum Gasteiger partial charge on any atom is 0.353 e. The van der Waals surface area contributed by atoms with Gasteiger partial charge in [0.25, 0.3) is 0 Å². The maximum absolute atomic E-state index is 11.2. The SMILES string of the molecule is O=C(O)c1[nH]cc(C(=O)O)c(=O)c1Br. The first kappa shape index (κ1) is 10.5. The van der Waals surface area contributed by atoms with Crippen LogP contribution in [0.1, 0.15) is 20.8 Å². The van der Waals surface area contributed by atoms with E-state index >= 15 is 0 Å². The number of nitrogens with one attached hydrogen (secondary N) is 1. The van der Waals surface area contributed by atoms with Crippen LogP contribution in [-0.4, -0.2) is 27.1 Å². The molecule has 0 atom stereocenters. The molecule has 1 aromatic heterocycles. The van der Waals surface area contributed by atoms with E-state index in [0.29, 0.717) is 0 Å². The van der Waals surface area contributed by atoms with Gasteiger partial charge in [-0.3, -0.25) is 4.79 Å². The summed E-state index contributed by atoms with van der Waals surface area (Å²) in [6.45, 7) is 0. The molecule has 6 nitrogen and oxygen atoms in total. The number of hydrogen-bond acceptors (Lipinski definition) is 3. The van der Waals surface area contributed by atoms with Gasteiger partial charge in [-0.25, -0.2) is 9.59 Å². The van der Waals surface area contributed by atoms with Gasteiger partial charge in [0.15, 0.2) is 0 Å². The molecular weight excluding hydrogens is 258 g/mol. The maximum atomic E-state index is 11.2. The van der Waals surface area contributed by atoms with Gasteiger partial charge in [0.1, 0.15) is 11.3 Å². The van der Waals surface area contributed by atoms with Crippen LogP contribution in [-0.2, 0) is 0 Å². The van der Waals surface area contributed by atoms with Gasteiger partial charge >= 0.3 is 11.9 Å². The molecule has 0 bridgehead atoms. The third-order valence-electron chi connectivity index (χ3n) is 1.47. The number of H-pyrrole nitrogens is 1. The minimum atomic E-state index is -1.41. The summed E-state index contributed by atoms with van der Waals surface area (Å²) in [7, 11) is 0. The largest absolute Gasteiger partial charge is 0.477 e. The van der Waals surface area contributed by atoms with Gasteiger partial charge in [-0.2, -0.15) is 0 Å². The van der Waals surface area contributed by atoms with Gasteiger partial charge in [0, 0.05) is 6.20 Å². The second-order valence-corrected chi connectivity index (χ2v) is 3.12. The zero-order chi connectivity index (χ0) is 10.9. The highest BCUT2D eigenvalue weighted by Crippen LogP contribution is 2.09. The van der Waals surface area contributed by atoms with Crippen molar-refractivity contribution in [2.75, 3.05) is 0 Å². The molecule has 1 aromatic rings. The summed E-state index contributed by atoms with van der Waals surface area (Å²) in [5, 5.41) is 17.1. The molecule has 0 unspecified atom stereocenters. The van der Waals surface area contributed by atoms with Crippen LogP contribution in [0.15, 0.2) is 15.5 Å². The lowest BCUT2D eigenvalue weighted by Gasteiger charge is -1.99. The number of carbonyl (C=O) groups is 2. The molecule has 0 spiro atoms. The Kier molecular flexibility index (Phi) is 2.70. The molecule has 0 saturated heterocycles. The topological polar surface area (TPSA) is 107 Å². The van der Waals surface area contributed by atoms with Gasteiger partial charge in [-0.1, -0.05) is 0 Å². The van der Waals surface area contributed by atoms with Crippen LogP contribution < -0.4 is 5.43 Å². The highest BCUT2D eigenvalue weighted by atomic mass is 79.9. The Balaban J connectivity index is 3.49. The number of rotatable bonds is 2. The van der Waals surface area contributed by atoms with E-state index in [1.54, 1.807) is 0 Å². The zero-order valence-electron chi connectivity index (χ0n) is 6.57. The summed E-state index contributed by atoms with van der Waals surface area (Å²) < 4.78 is -0.301. The average molecular weight is 262 g/mol. The Bertz CT molecular complexity index is 464. The number of hydrogen-bond donors (Lipinski definition) is 3. The number of halogens is 1. The molecule has 0 aliphatic carbocycles. The first-order valence-corrected chi connectivity index (χ1v) is 4.12. The molecular formula is C7H4BrNO5. The average Bonchev–Trinajstić information content (AvgIpc) is 2.08. The Morgan fingerprint density at radius 2 is 1.86 bits per heavy atom. The Labute approximate surface area is 85.3 Å². The van der Waals surface area contributed by atoms with E-state index in [0.717, 1.165) is 6.20 Å². The lowest BCUT2D eigenvalue weighted by molar-refractivity contribution is 0.0673. The third-order valence-corrected chi connectivity index (χ3v) is 2.23. The third kappa shape index (κ3) is 1.67. The second-order valence-electron chi connectivity index (χ2n) is 2.33. The summed E-state index contributed by atoms with van der Waals surface area (Å²) >= 11 is 2.71. The number of carboxylic acids is 2. The van der Waals surface area contributed by atoms with Crippen molar-refractivity contribution in [3.63, 3.8) is 0 Å². The van der Waals surface area contributed by atoms with Crippen molar-refractivity contribution < 1.29 is 19.8 Å². The number of carboxylic acid groups (broad SMARTS) is 2. The van der Waals surface area contributed by atoms with Gasteiger partial charge in [0.05, 0.1) is 4.47 Å². The van der Waals surface area contributed by atoms with E-state index in [1.807, 2.05) is 0 Å². The van der Waals surface area contributed by atoms with Crippen LogP contribution in [0.5, 0.6) is 0 Å². The first-order chi connectivity index (χ1) is 6.45. The van der Waals surface area contributed by atoms with E-state index < -0.39 is 22.9 Å². The molecule has 7 heteroatoms. The zero-order valence-corrected chi connectivity index (χ0v) is 8.16. The van der Waals surface area contributed by atoms with Gasteiger partial charge in [-0.05, 0) is 15.9 Å². The fourth-order valence-electron chi connectivity index (χ4n) is 0.819. The smallest absolute Gasteiger partial charge is 0.353 e. The highest BCUT2D eigenvalue weighted by Gasteiger charge is 2.17. The molecule has 0 fully saturated rings. The Morgan fingerprint density at radius 1 is 1.29 bits per heavy atom. The fourth-order valence-corrected chi connectivity index (χ4v) is 1.32. The predicted octanol–water partition coefficient (Wildman–Crippen LogP) is 0.534. The minimum Gasteiger partial charge on any atom is -0.477 e. The molecule has 0 aliphatic heterocycles. The molecule has 1 rings (SSSR count). The van der Waals surface area contributed by atoms with Crippen LogP contribution >= 0.6 is 15.9 Å². The Hall–Kier alpha value is -1.63. The van der Waals surface area contributed by atoms with Crippen molar-refractivity contribution in [1.29, 1.82) is 0 Å². The molecule has 0 amide bonds. The lowest BCUT2D eigenvalue weighted by Crippen LogP contribution is -2.19. The summed E-state index contributed by atoms with van der Waals surface area (Å²) in [6.07, 6.45) is 0.846. The van der Waals surface area contributed by atoms with Gasteiger partial charge in [0.2, 0.25) is 5.43 Å². The van der Waals surface area contributed by atoms with Crippen LogP contribution in [0, 0.1) is 0 Å². The first-order valence-electron chi connectivity index (χ1n) is 3.33. The molecule has 3 N–H and O–H groups in total. The number of aromatic nitrogens is 1. The molecule has 1 heterocycles. The van der Waals surface area contributed by atoms with Crippen molar-refractivity contribution >= 4 is 27.9 Å². The highest BCUT2D eigenvalue weighted by molar-refractivity contribution is 9.10. The summed E-state index contributed by atoms with van der Waals surface area (Å²) in [5.74, 6) is -2.75. The summed E-state index contributed by atoms with van der Waals surface area (Å²) in [4.78, 5) is 34.4. The monoisotopic (exact) mass is 261 g/mol. The van der Waals surface area contributed by atoms with E-state index in [1.165, 1.54) is 0 Å². The van der Waals surface area contributed by atoms with Crippen LogP contribution in [0.2, 0.25) is 0 Å². The van der Waals surface area contributed by atoms with Crippen molar-refractivity contribution in [1.82, 2.24) is 4.98 Å². The molecule has 74 valence electrons. The Morgan fingerprint density at radius 3 is 2.29 bits per heavy atom. The summed E-state index contributed by atoms with van der Waals surface area (Å²) in [6, 6.07) is 0. The van der Waals surface area contributed by atoms with Crippen LogP contribution in [0.4, 0.5) is 0 Å². The van der Waals surface area contributed by atoms with Crippen molar-refractivity contribution in [3.8, 4) is 0 Å². The van der Waals surface area contributed by atoms with Crippen molar-refractivity contribution in [2.45, 2.75) is 0 Å².